The van der Waals surface area contributed by atoms with Gasteiger partial charge in [-0.3, -0.25) is 0 Å². The Morgan fingerprint density at radius 2 is 2.40 bits per heavy atom. The predicted molar refractivity (Wildman–Crippen MR) is 23.6 cm³/mol. The molecule has 0 heterocycles. The molecule has 29 valence electrons. The Morgan fingerprint density at radius 1 is 1.80 bits per heavy atom. The number of hydrogen-bond acceptors (Lipinski definition) is 0. The first-order valence-corrected chi connectivity index (χ1v) is 2.16. The molecule has 0 rings (SSSR count). The quantitative estimate of drug-likeness (QED) is 0.518. The van der Waals surface area contributed by atoms with E-state index in [1.165, 1.54) is 6.08 Å². The number of halogens is 1. The fraction of sp³-hybridized carbons (Fsp3) is 0.333. The second-order valence-electron chi connectivity index (χ2n) is 0.528. The summed E-state index contributed by atoms with van der Waals surface area (Å²) < 4.78 is 0. The lowest BCUT2D eigenvalue weighted by molar-refractivity contribution is 0.232. The Balaban J connectivity index is 2.62. The van der Waals surface area contributed by atoms with Crippen LogP contribution in [0.2, 0.25) is 0 Å². The van der Waals surface area contributed by atoms with Crippen LogP contribution in [-0.2, 0) is 5.11 Å². The maximum absolute atomic E-state index is 9.41. The monoisotopic (exact) mass is 135 g/mol. The number of hydrogen-bond donors (Lipinski definition) is 0. The van der Waals surface area contributed by atoms with Crippen LogP contribution in [0.4, 0.5) is 0 Å². The van der Waals surface area contributed by atoms with Gasteiger partial charge in [0.15, 0.2) is 0 Å². The fourth-order valence-electron chi connectivity index (χ4n) is 0.0364. The molecule has 0 saturated heterocycles. The summed E-state index contributed by atoms with van der Waals surface area (Å²) in [5.41, 5.74) is 0. The highest BCUT2D eigenvalue weighted by atomic mass is 79.9. The van der Waals surface area contributed by atoms with Crippen molar-refractivity contribution in [2.24, 2.45) is 0 Å². The first kappa shape index (κ1) is 5.18. The van der Waals surface area contributed by atoms with Gasteiger partial charge < -0.3 is 0 Å². The predicted octanol–water partition coefficient (Wildman–Crippen LogP) is 1.33. The van der Waals surface area contributed by atoms with Crippen molar-refractivity contribution in [2.75, 3.05) is 6.61 Å². The minimum atomic E-state index is -0.134. The van der Waals surface area contributed by atoms with E-state index in [1.54, 1.807) is 4.99 Å². The van der Waals surface area contributed by atoms with Gasteiger partial charge in [-0.1, -0.05) is 15.9 Å². The molecule has 0 unspecified atom stereocenters. The van der Waals surface area contributed by atoms with E-state index in [0.29, 0.717) is 0 Å². The van der Waals surface area contributed by atoms with Crippen LogP contribution >= 0.6 is 15.9 Å². The lowest BCUT2D eigenvalue weighted by atomic mass is 10.7. The highest BCUT2D eigenvalue weighted by molar-refractivity contribution is 9.11. The van der Waals surface area contributed by atoms with Crippen molar-refractivity contribution < 1.29 is 5.11 Å². The molecule has 0 N–H and O–H groups in total. The summed E-state index contributed by atoms with van der Waals surface area (Å²) in [6, 6.07) is 0. The van der Waals surface area contributed by atoms with Crippen molar-refractivity contribution in [2.45, 2.75) is 0 Å². The lowest BCUT2D eigenvalue weighted by Gasteiger charge is -1.60. The van der Waals surface area contributed by atoms with Gasteiger partial charge in [-0.2, -0.15) is 0 Å². The molecule has 0 aliphatic carbocycles. The van der Waals surface area contributed by atoms with Crippen molar-refractivity contribution in [1.82, 2.24) is 0 Å². The molecule has 0 aliphatic heterocycles. The number of rotatable bonds is 1. The summed E-state index contributed by atoms with van der Waals surface area (Å²) in [7, 11) is 0. The van der Waals surface area contributed by atoms with E-state index in [9.17, 15) is 5.11 Å². The summed E-state index contributed by atoms with van der Waals surface area (Å²) in [4.78, 5) is 1.56. The van der Waals surface area contributed by atoms with Gasteiger partial charge in [0.1, 0.15) is 6.61 Å². The van der Waals surface area contributed by atoms with Crippen molar-refractivity contribution in [3.8, 4) is 0 Å². The van der Waals surface area contributed by atoms with Crippen LogP contribution in [0.5, 0.6) is 0 Å². The van der Waals surface area contributed by atoms with Gasteiger partial charge in [0.25, 0.3) is 0 Å². The van der Waals surface area contributed by atoms with E-state index >= 15 is 0 Å². The van der Waals surface area contributed by atoms with E-state index < -0.39 is 0 Å². The molecular weight excluding hydrogens is 132 g/mol. The Bertz CT molecular complexity index is 33.9. The van der Waals surface area contributed by atoms with Gasteiger partial charge in [0.05, 0.1) is 0 Å². The van der Waals surface area contributed by atoms with Gasteiger partial charge >= 0.3 is 0 Å². The second kappa shape index (κ2) is 4.18. The normalized spacial score (nSPS) is 10.0. The van der Waals surface area contributed by atoms with Gasteiger partial charge in [-0.15, -0.1) is 0 Å². The zero-order valence-electron chi connectivity index (χ0n) is 2.65. The van der Waals surface area contributed by atoms with Crippen LogP contribution in [-0.4, -0.2) is 6.61 Å². The standard InChI is InChI=1S/C3H4BrO/c4-2-1-3-5/h1-2H,3H2/b2-1+. The maximum Gasteiger partial charge on any atom is 0.101 e. The molecule has 2 heteroatoms. The molecule has 0 fully saturated rings. The molecule has 0 saturated carbocycles. The molecule has 0 aliphatic rings. The van der Waals surface area contributed by atoms with Crippen molar-refractivity contribution in [3.63, 3.8) is 0 Å². The molecule has 5 heavy (non-hydrogen) atoms. The molecule has 0 aromatic heterocycles. The van der Waals surface area contributed by atoms with Crippen LogP contribution in [0.1, 0.15) is 0 Å². The minimum absolute atomic E-state index is 0.134. The summed E-state index contributed by atoms with van der Waals surface area (Å²) >= 11 is 2.93. The zero-order valence-corrected chi connectivity index (χ0v) is 4.23. The molecule has 0 aromatic carbocycles. The summed E-state index contributed by atoms with van der Waals surface area (Å²) in [6.07, 6.45) is 1.49. The molecular formula is C3H4BrO. The third-order valence-corrected chi connectivity index (χ3v) is 0.559. The van der Waals surface area contributed by atoms with Gasteiger partial charge in [0, 0.05) is 0 Å². The molecule has 0 atom stereocenters. The molecule has 0 spiro atoms. The van der Waals surface area contributed by atoms with Crippen LogP contribution in [0.15, 0.2) is 11.1 Å². The topological polar surface area (TPSA) is 19.9 Å². The van der Waals surface area contributed by atoms with E-state index in [4.69, 9.17) is 0 Å². The zero-order chi connectivity index (χ0) is 4.12. The Labute approximate surface area is 39.4 Å². The van der Waals surface area contributed by atoms with E-state index in [0.717, 1.165) is 0 Å². The van der Waals surface area contributed by atoms with Gasteiger partial charge in [-0.25, -0.2) is 5.11 Å². The van der Waals surface area contributed by atoms with Gasteiger partial charge in [0.2, 0.25) is 0 Å². The fourth-order valence-corrected chi connectivity index (χ4v) is 0.189. The Hall–Kier alpha value is 0.180. The van der Waals surface area contributed by atoms with Crippen LogP contribution < -0.4 is 0 Å². The first-order chi connectivity index (χ1) is 2.41. The molecule has 0 aromatic rings. The minimum Gasteiger partial charge on any atom is -0.232 e. The third-order valence-electron chi connectivity index (χ3n) is 0.185. The van der Waals surface area contributed by atoms with Crippen molar-refractivity contribution >= 4 is 15.9 Å². The average Bonchev–Trinajstić information content (AvgIpc) is 1.41. The second-order valence-corrected chi connectivity index (χ2v) is 1.06. The largest absolute Gasteiger partial charge is 0.232 e. The molecule has 1 nitrogen and oxygen atoms in total. The highest BCUT2D eigenvalue weighted by Crippen LogP contribution is 1.77. The van der Waals surface area contributed by atoms with Crippen LogP contribution in [0, 0.1) is 0 Å². The van der Waals surface area contributed by atoms with E-state index in [1.807, 2.05) is 0 Å². The summed E-state index contributed by atoms with van der Waals surface area (Å²) in [5.74, 6) is 0. The summed E-state index contributed by atoms with van der Waals surface area (Å²) in [6.45, 7) is -0.134. The molecule has 0 amide bonds. The SMILES string of the molecule is [O]C/C=C/Br. The molecule has 1 radical (unpaired) electrons. The average molecular weight is 136 g/mol. The first-order valence-electron chi connectivity index (χ1n) is 1.25. The van der Waals surface area contributed by atoms with E-state index in [2.05, 4.69) is 15.9 Å². The Morgan fingerprint density at radius 3 is 2.40 bits per heavy atom. The van der Waals surface area contributed by atoms with Gasteiger partial charge in [-0.05, 0) is 11.1 Å². The Kier molecular flexibility index (Phi) is 4.33. The maximum atomic E-state index is 9.41. The third kappa shape index (κ3) is 4.18. The van der Waals surface area contributed by atoms with Crippen LogP contribution in [0.25, 0.3) is 0 Å². The smallest absolute Gasteiger partial charge is 0.101 e. The summed E-state index contributed by atoms with van der Waals surface area (Å²) in [5, 5.41) is 9.41. The van der Waals surface area contributed by atoms with Crippen molar-refractivity contribution in [3.05, 3.63) is 11.1 Å². The van der Waals surface area contributed by atoms with E-state index in [-0.39, 0.29) is 6.61 Å². The highest BCUT2D eigenvalue weighted by Gasteiger charge is 1.57. The van der Waals surface area contributed by atoms with Crippen molar-refractivity contribution in [1.29, 1.82) is 0 Å². The molecule has 0 bridgehead atoms. The van der Waals surface area contributed by atoms with Crippen LogP contribution in [0.3, 0.4) is 0 Å². The lowest BCUT2D eigenvalue weighted by Crippen LogP contribution is -1.60.